The van der Waals surface area contributed by atoms with Gasteiger partial charge in [-0.15, -0.1) is 5.46 Å². The number of hydrogen-bond donors (Lipinski definition) is 0. The second-order valence-electron chi connectivity index (χ2n) is 3.51. The Morgan fingerprint density at radius 3 is 2.24 bits per heavy atom. The molecule has 1 rings (SSSR count). The van der Waals surface area contributed by atoms with E-state index >= 15 is 0 Å². The van der Waals surface area contributed by atoms with Gasteiger partial charge in [-0.25, -0.2) is 0 Å². The van der Waals surface area contributed by atoms with Crippen LogP contribution in [0.4, 0.5) is 12.9 Å². The average molecular weight is 236 g/mol. The minimum absolute atomic E-state index is 0.449. The van der Waals surface area contributed by atoms with Gasteiger partial charge in [0.05, 0.1) is 6.07 Å². The van der Waals surface area contributed by atoms with E-state index in [0.29, 0.717) is 24.8 Å². The van der Waals surface area contributed by atoms with Gasteiger partial charge < -0.3 is 12.9 Å². The van der Waals surface area contributed by atoms with E-state index in [1.165, 1.54) is 12.1 Å². The lowest BCUT2D eigenvalue weighted by atomic mass is 9.80. The maximum Gasteiger partial charge on any atom is 0.509 e. The van der Waals surface area contributed by atoms with Crippen LogP contribution in [0.2, 0.25) is 0 Å². The van der Waals surface area contributed by atoms with Gasteiger partial charge in [0, 0.05) is 18.4 Å². The number of unbranched alkanes of at least 4 members (excludes halogenated alkanes) is 2. The van der Waals surface area contributed by atoms with Crippen LogP contribution in [0.15, 0.2) is 24.3 Å². The van der Waals surface area contributed by atoms with Crippen molar-refractivity contribution in [3.63, 3.8) is 0 Å². The highest BCUT2D eigenvalue weighted by Crippen LogP contribution is 2.09. The lowest BCUT2D eigenvalue weighted by molar-refractivity contribution is 0.501. The van der Waals surface area contributed by atoms with Gasteiger partial charge in [-0.3, -0.25) is 0 Å². The number of rotatable bonds is 3. The molecule has 0 aliphatic carbocycles. The number of hydrogen-bond acceptors (Lipinski definition) is 1. The fourth-order valence-corrected chi connectivity index (χ4v) is 1.21. The lowest BCUT2D eigenvalue weighted by Gasteiger charge is -2.13. The van der Waals surface area contributed by atoms with E-state index in [9.17, 15) is 12.9 Å². The summed E-state index contributed by atoms with van der Waals surface area (Å²) in [6, 6.07) is 6.81. The highest BCUT2D eigenvalue weighted by Gasteiger charge is 2.24. The molecule has 88 valence electrons. The van der Waals surface area contributed by atoms with Crippen LogP contribution in [0.3, 0.4) is 0 Å². The number of nitriles is 1. The Labute approximate surface area is 98.3 Å². The fraction of sp³-hybridized carbons (Fsp3) is 0.250. The largest absolute Gasteiger partial charge is 0.509 e. The van der Waals surface area contributed by atoms with Crippen molar-refractivity contribution in [1.82, 2.24) is 0 Å². The molecular weight excluding hydrogens is 226 g/mol. The molecule has 0 fully saturated rings. The van der Waals surface area contributed by atoms with Crippen LogP contribution in [0.25, 0.3) is 0 Å². The van der Waals surface area contributed by atoms with Gasteiger partial charge in [-0.05, 0) is 18.6 Å². The van der Waals surface area contributed by atoms with E-state index in [4.69, 9.17) is 5.26 Å². The summed E-state index contributed by atoms with van der Waals surface area (Å²) in [5, 5.41) is 8.29. The van der Waals surface area contributed by atoms with Crippen LogP contribution in [0, 0.1) is 23.2 Å². The molecule has 0 saturated carbocycles. The number of benzene rings is 1. The monoisotopic (exact) mass is 236 g/mol. The summed E-state index contributed by atoms with van der Waals surface area (Å²) in [6.45, 7) is -4.93. The normalized spacial score (nSPS) is 10.2. The van der Waals surface area contributed by atoms with E-state index in [1.54, 1.807) is 0 Å². The number of halogens is 3. The SMILES string of the molecule is N#CCCCC#Cc1ccc([B-](F)(F)F)cc1. The third-order valence-corrected chi connectivity index (χ3v) is 2.11. The summed E-state index contributed by atoms with van der Waals surface area (Å²) in [5.74, 6) is 5.58. The van der Waals surface area contributed by atoms with Crippen LogP contribution >= 0.6 is 0 Å². The van der Waals surface area contributed by atoms with Gasteiger partial charge in [0.25, 0.3) is 0 Å². The molecule has 5 heteroatoms. The smallest absolute Gasteiger partial charge is 0.445 e. The second kappa shape index (κ2) is 6.01. The predicted octanol–water partition coefficient (Wildman–Crippen LogP) is 2.79. The zero-order chi connectivity index (χ0) is 12.7. The molecule has 0 heterocycles. The molecule has 0 spiro atoms. The molecule has 0 bridgehead atoms. The van der Waals surface area contributed by atoms with Crippen molar-refractivity contribution < 1.29 is 12.9 Å². The van der Waals surface area contributed by atoms with Crippen LogP contribution < -0.4 is 5.46 Å². The molecule has 0 saturated heterocycles. The summed E-state index contributed by atoms with van der Waals surface area (Å²) in [5.41, 5.74) is -0.0502. The van der Waals surface area contributed by atoms with E-state index in [1.807, 2.05) is 6.07 Å². The highest BCUT2D eigenvalue weighted by molar-refractivity contribution is 6.73. The third kappa shape index (κ3) is 4.65. The molecule has 0 radical (unpaired) electrons. The lowest BCUT2D eigenvalue weighted by Crippen LogP contribution is -2.33. The zero-order valence-electron chi connectivity index (χ0n) is 9.09. The molecule has 0 amide bonds. The van der Waals surface area contributed by atoms with Crippen molar-refractivity contribution in [3.05, 3.63) is 29.8 Å². The van der Waals surface area contributed by atoms with Crippen LogP contribution in [-0.4, -0.2) is 6.98 Å². The summed E-state index contributed by atoms with van der Waals surface area (Å²) in [6.07, 6.45) is 1.72. The topological polar surface area (TPSA) is 23.8 Å². The predicted molar refractivity (Wildman–Crippen MR) is 61.5 cm³/mol. The fourth-order valence-electron chi connectivity index (χ4n) is 1.21. The number of nitrogens with zero attached hydrogens (tertiary/aromatic N) is 1. The maximum absolute atomic E-state index is 12.3. The molecule has 0 aliphatic rings. The first-order valence-electron chi connectivity index (χ1n) is 5.20. The van der Waals surface area contributed by atoms with Crippen molar-refractivity contribution >= 4 is 12.4 Å². The van der Waals surface area contributed by atoms with Gasteiger partial charge in [0.15, 0.2) is 0 Å². The van der Waals surface area contributed by atoms with Crippen LogP contribution in [0.1, 0.15) is 24.8 Å². The van der Waals surface area contributed by atoms with E-state index in [-0.39, 0.29) is 0 Å². The first kappa shape index (κ1) is 13.2. The Kier molecular flexibility index (Phi) is 4.66. The molecule has 0 aromatic heterocycles. The van der Waals surface area contributed by atoms with Crippen LogP contribution in [0.5, 0.6) is 0 Å². The summed E-state index contributed by atoms with van der Waals surface area (Å²) in [4.78, 5) is 0. The maximum atomic E-state index is 12.3. The molecule has 0 unspecified atom stereocenters. The van der Waals surface area contributed by atoms with Crippen molar-refractivity contribution in [3.8, 4) is 17.9 Å². The highest BCUT2D eigenvalue weighted by atomic mass is 19.4. The van der Waals surface area contributed by atoms with E-state index < -0.39 is 12.4 Å². The Bertz CT molecular complexity index is 460. The van der Waals surface area contributed by atoms with Gasteiger partial charge in [0.1, 0.15) is 0 Å². The first-order valence-corrected chi connectivity index (χ1v) is 5.20. The Morgan fingerprint density at radius 1 is 1.06 bits per heavy atom. The minimum atomic E-state index is -4.93. The summed E-state index contributed by atoms with van der Waals surface area (Å²) < 4.78 is 36.9. The van der Waals surface area contributed by atoms with E-state index in [2.05, 4.69) is 11.8 Å². The van der Waals surface area contributed by atoms with Crippen molar-refractivity contribution in [2.24, 2.45) is 0 Å². The summed E-state index contributed by atoms with van der Waals surface area (Å²) >= 11 is 0. The quantitative estimate of drug-likeness (QED) is 0.449. The molecule has 1 nitrogen and oxygen atoms in total. The van der Waals surface area contributed by atoms with Crippen molar-refractivity contribution in [2.45, 2.75) is 19.3 Å². The average Bonchev–Trinajstić information content (AvgIpc) is 2.28. The zero-order valence-corrected chi connectivity index (χ0v) is 9.09. The molecule has 0 atom stereocenters. The van der Waals surface area contributed by atoms with Crippen molar-refractivity contribution in [2.75, 3.05) is 0 Å². The molecule has 17 heavy (non-hydrogen) atoms. The molecular formula is C12H10BF3N-. The van der Waals surface area contributed by atoms with Crippen molar-refractivity contribution in [1.29, 1.82) is 5.26 Å². The Balaban J connectivity index is 2.60. The van der Waals surface area contributed by atoms with Gasteiger partial charge in [-0.2, -0.15) is 5.26 Å². The van der Waals surface area contributed by atoms with Gasteiger partial charge in [0.2, 0.25) is 0 Å². The Hall–Kier alpha value is -1.88. The summed E-state index contributed by atoms with van der Waals surface area (Å²) in [7, 11) is 0. The molecule has 1 aromatic carbocycles. The Morgan fingerprint density at radius 2 is 1.71 bits per heavy atom. The first-order chi connectivity index (χ1) is 8.04. The van der Waals surface area contributed by atoms with Crippen LogP contribution in [-0.2, 0) is 0 Å². The van der Waals surface area contributed by atoms with Gasteiger partial charge >= 0.3 is 6.98 Å². The van der Waals surface area contributed by atoms with E-state index in [0.717, 1.165) is 12.1 Å². The third-order valence-electron chi connectivity index (χ3n) is 2.11. The minimum Gasteiger partial charge on any atom is -0.445 e. The van der Waals surface area contributed by atoms with Gasteiger partial charge in [-0.1, -0.05) is 24.0 Å². The second-order valence-corrected chi connectivity index (χ2v) is 3.51. The molecule has 1 aromatic rings. The molecule has 0 aliphatic heterocycles. The standard InChI is InChI=1S/C12H10BF3N/c14-13(15,16)12-8-6-11(7-9-12)5-3-1-2-4-10-17/h6-9H,1-2,4H2/q-1. The molecule has 0 N–H and O–H groups in total.